The van der Waals surface area contributed by atoms with Crippen LogP contribution in [0.4, 0.5) is 10.5 Å². The standard InChI is InChI=1S/C18H15N4O4/c19-15(24)18-9-3-11-21(18)17(26)22(16(18)25)13-7-5-12(6-8-13)20-10-2-1-4-14(20)23/h1-2,4-10H,3,11H2,(H2,19,24)/t18-/m0/s1. The van der Waals surface area contributed by atoms with Crippen LogP contribution < -0.4 is 16.2 Å². The van der Waals surface area contributed by atoms with Gasteiger partial charge in [0.15, 0.2) is 0 Å². The molecule has 8 heteroatoms. The third-order valence-electron chi connectivity index (χ3n) is 4.75. The van der Waals surface area contributed by atoms with Crippen molar-refractivity contribution in [3.63, 3.8) is 0 Å². The fourth-order valence-corrected chi connectivity index (χ4v) is 3.49. The zero-order valence-electron chi connectivity index (χ0n) is 13.7. The Hall–Kier alpha value is -3.42. The summed E-state index contributed by atoms with van der Waals surface area (Å²) in [5.74, 6) is -1.53. The van der Waals surface area contributed by atoms with Crippen molar-refractivity contribution < 1.29 is 14.4 Å². The summed E-state index contributed by atoms with van der Waals surface area (Å²) in [4.78, 5) is 51.5. The molecular weight excluding hydrogens is 336 g/mol. The van der Waals surface area contributed by atoms with Gasteiger partial charge in [-0.05, 0) is 36.8 Å². The summed E-state index contributed by atoms with van der Waals surface area (Å²) in [6, 6.07) is 10.6. The first-order valence-corrected chi connectivity index (χ1v) is 8.05. The van der Waals surface area contributed by atoms with Gasteiger partial charge in [0, 0.05) is 30.9 Å². The Kier molecular flexibility index (Phi) is 3.43. The van der Waals surface area contributed by atoms with Gasteiger partial charge < -0.3 is 10.6 Å². The van der Waals surface area contributed by atoms with Gasteiger partial charge in [0.05, 0.1) is 5.69 Å². The number of amides is 4. The van der Waals surface area contributed by atoms with Crippen LogP contribution in [0.2, 0.25) is 0 Å². The number of hydrogen-bond acceptors (Lipinski definition) is 4. The van der Waals surface area contributed by atoms with Gasteiger partial charge in [-0.1, -0.05) is 6.07 Å². The highest BCUT2D eigenvalue weighted by Crippen LogP contribution is 2.39. The molecule has 2 aliphatic heterocycles. The van der Waals surface area contributed by atoms with Crippen LogP contribution in [-0.4, -0.2) is 39.4 Å². The maximum atomic E-state index is 12.8. The smallest absolute Gasteiger partial charge is 0.332 e. The average molecular weight is 351 g/mol. The van der Waals surface area contributed by atoms with Crippen LogP contribution in [0.25, 0.3) is 5.69 Å². The van der Waals surface area contributed by atoms with Crippen LogP contribution in [0.15, 0.2) is 53.5 Å². The zero-order chi connectivity index (χ0) is 18.5. The molecule has 2 N–H and O–H groups in total. The van der Waals surface area contributed by atoms with Gasteiger partial charge in [-0.15, -0.1) is 0 Å². The molecule has 131 valence electrons. The lowest BCUT2D eigenvalue weighted by molar-refractivity contribution is -0.134. The molecular formula is C18H15N4O4. The molecule has 0 unspecified atom stereocenters. The Balaban J connectivity index is 1.72. The Morgan fingerprint density at radius 1 is 1.00 bits per heavy atom. The molecule has 3 heterocycles. The van der Waals surface area contributed by atoms with Crippen molar-refractivity contribution >= 4 is 23.5 Å². The molecule has 0 bridgehead atoms. The van der Waals surface area contributed by atoms with Gasteiger partial charge >= 0.3 is 6.03 Å². The number of nitrogens with zero attached hydrogens (tertiary/aromatic N) is 3. The molecule has 1 atom stereocenters. The molecule has 1 aromatic heterocycles. The number of imide groups is 1. The van der Waals surface area contributed by atoms with Crippen molar-refractivity contribution in [1.82, 2.24) is 9.47 Å². The van der Waals surface area contributed by atoms with Crippen molar-refractivity contribution in [3.8, 4) is 5.69 Å². The number of carbonyl (C=O) groups excluding carboxylic acids is 3. The highest BCUT2D eigenvalue weighted by molar-refractivity contribution is 6.32. The van der Waals surface area contributed by atoms with Crippen molar-refractivity contribution in [2.45, 2.75) is 12.0 Å². The molecule has 1 radical (unpaired) electrons. The van der Waals surface area contributed by atoms with Gasteiger partial charge in [0.25, 0.3) is 17.4 Å². The van der Waals surface area contributed by atoms with Crippen LogP contribution in [0.1, 0.15) is 6.42 Å². The lowest BCUT2D eigenvalue weighted by Gasteiger charge is -2.23. The summed E-state index contributed by atoms with van der Waals surface area (Å²) in [6.07, 6.45) is 3.55. The summed E-state index contributed by atoms with van der Waals surface area (Å²) in [6.45, 7) is 0.265. The van der Waals surface area contributed by atoms with Crippen LogP contribution >= 0.6 is 0 Å². The van der Waals surface area contributed by atoms with E-state index in [2.05, 4.69) is 0 Å². The van der Waals surface area contributed by atoms with E-state index in [9.17, 15) is 19.2 Å². The Morgan fingerprint density at radius 2 is 1.69 bits per heavy atom. The molecule has 2 aliphatic rings. The fourth-order valence-electron chi connectivity index (χ4n) is 3.49. The number of anilines is 1. The van der Waals surface area contributed by atoms with Crippen LogP contribution in [0.3, 0.4) is 0 Å². The number of aromatic nitrogens is 1. The number of primary amides is 1. The van der Waals surface area contributed by atoms with E-state index in [1.807, 2.05) is 0 Å². The van der Waals surface area contributed by atoms with Crippen molar-refractivity contribution in [3.05, 3.63) is 65.4 Å². The van der Waals surface area contributed by atoms with Crippen molar-refractivity contribution in [2.24, 2.45) is 5.73 Å². The van der Waals surface area contributed by atoms with Gasteiger partial charge in [0.2, 0.25) is 5.54 Å². The third-order valence-corrected chi connectivity index (χ3v) is 4.75. The summed E-state index contributed by atoms with van der Waals surface area (Å²) < 4.78 is 1.44. The number of pyridine rings is 1. The van der Waals surface area contributed by atoms with E-state index in [-0.39, 0.29) is 12.1 Å². The Morgan fingerprint density at radius 3 is 2.31 bits per heavy atom. The number of hydrogen-bond donors (Lipinski definition) is 1. The van der Waals surface area contributed by atoms with E-state index in [0.29, 0.717) is 17.8 Å². The molecule has 0 spiro atoms. The topological polar surface area (TPSA) is 106 Å². The number of urea groups is 1. The maximum Gasteiger partial charge on any atom is 0.332 e. The molecule has 0 saturated carbocycles. The van der Waals surface area contributed by atoms with E-state index in [0.717, 1.165) is 4.90 Å². The van der Waals surface area contributed by atoms with Crippen molar-refractivity contribution in [1.29, 1.82) is 0 Å². The molecule has 2 fully saturated rings. The summed E-state index contributed by atoms with van der Waals surface area (Å²) in [5, 5.41) is 0. The number of nitrogens with two attached hydrogens (primary N) is 1. The third kappa shape index (κ3) is 2.01. The van der Waals surface area contributed by atoms with Gasteiger partial charge in [0.1, 0.15) is 0 Å². The number of fused-ring (bicyclic) bond motifs is 1. The second-order valence-corrected chi connectivity index (χ2v) is 6.12. The lowest BCUT2D eigenvalue weighted by Crippen LogP contribution is -2.55. The minimum absolute atomic E-state index is 0.198. The Labute approximate surface area is 148 Å². The first kappa shape index (κ1) is 16.1. The second-order valence-electron chi connectivity index (χ2n) is 6.12. The van der Waals surface area contributed by atoms with E-state index < -0.39 is 23.4 Å². The zero-order valence-corrected chi connectivity index (χ0v) is 13.7. The molecule has 1 aromatic carbocycles. The lowest BCUT2D eigenvalue weighted by atomic mass is 9.95. The minimum Gasteiger partial charge on any atom is -0.367 e. The summed E-state index contributed by atoms with van der Waals surface area (Å²) >= 11 is 0. The van der Waals surface area contributed by atoms with E-state index in [4.69, 9.17) is 5.73 Å². The van der Waals surface area contributed by atoms with Gasteiger partial charge in [-0.25, -0.2) is 9.69 Å². The number of carbonyl (C=O) groups is 3. The normalized spacial score (nSPS) is 22.0. The largest absolute Gasteiger partial charge is 0.367 e. The minimum atomic E-state index is -1.70. The molecule has 2 saturated heterocycles. The Bertz CT molecular complexity index is 981. The van der Waals surface area contributed by atoms with Gasteiger partial charge in [-0.3, -0.25) is 19.0 Å². The van der Waals surface area contributed by atoms with E-state index >= 15 is 0 Å². The predicted octanol–water partition coefficient (Wildman–Crippen LogP) is 0.438. The molecule has 4 amide bonds. The van der Waals surface area contributed by atoms with Crippen LogP contribution in [0.5, 0.6) is 0 Å². The molecule has 0 aliphatic carbocycles. The second kappa shape index (κ2) is 5.55. The number of rotatable bonds is 3. The van der Waals surface area contributed by atoms with Crippen molar-refractivity contribution in [2.75, 3.05) is 11.4 Å². The van der Waals surface area contributed by atoms with Crippen LogP contribution in [0, 0.1) is 6.42 Å². The van der Waals surface area contributed by atoms with Crippen LogP contribution in [-0.2, 0) is 9.59 Å². The summed E-state index contributed by atoms with van der Waals surface area (Å²) in [7, 11) is 0. The van der Waals surface area contributed by atoms with E-state index in [1.54, 1.807) is 42.6 Å². The molecule has 4 rings (SSSR count). The number of benzene rings is 1. The molecule has 2 aromatic rings. The summed E-state index contributed by atoms with van der Waals surface area (Å²) in [5.41, 5.74) is 4.44. The highest BCUT2D eigenvalue weighted by atomic mass is 16.2. The first-order valence-electron chi connectivity index (χ1n) is 8.05. The molecule has 8 nitrogen and oxygen atoms in total. The predicted molar refractivity (Wildman–Crippen MR) is 92.5 cm³/mol. The molecule has 26 heavy (non-hydrogen) atoms. The SMILES string of the molecule is NC(=O)[C@]12[CH]CCN1C(=O)N(c1ccc(-n3ccccc3=O)cc1)C2=O. The quantitative estimate of drug-likeness (QED) is 0.640. The van der Waals surface area contributed by atoms with Gasteiger partial charge in [-0.2, -0.15) is 0 Å². The fraction of sp³-hybridized carbons (Fsp3) is 0.167. The first-order chi connectivity index (χ1) is 12.5. The monoisotopic (exact) mass is 351 g/mol. The van der Waals surface area contributed by atoms with E-state index in [1.165, 1.54) is 22.0 Å². The maximum absolute atomic E-state index is 12.8. The average Bonchev–Trinajstić information content (AvgIpc) is 3.16. The highest BCUT2D eigenvalue weighted by Gasteiger charge is 2.64.